The molecular formula is C10H10BrNOS. The Kier molecular flexibility index (Phi) is 4.26. The SMILES string of the molecule is CC(C)Oc1ccc(Br)cc1N=C=S. The first-order valence-electron chi connectivity index (χ1n) is 4.17. The molecule has 2 nitrogen and oxygen atoms in total. The number of aliphatic imine (C=N–C) groups is 1. The number of hydrogen-bond donors (Lipinski definition) is 0. The normalized spacial score (nSPS) is 9.71. The highest BCUT2D eigenvalue weighted by Gasteiger charge is 2.04. The van der Waals surface area contributed by atoms with E-state index in [9.17, 15) is 0 Å². The lowest BCUT2D eigenvalue weighted by Crippen LogP contribution is -2.05. The summed E-state index contributed by atoms with van der Waals surface area (Å²) in [7, 11) is 0. The zero-order chi connectivity index (χ0) is 10.6. The summed E-state index contributed by atoms with van der Waals surface area (Å²) in [5.74, 6) is 0.723. The van der Waals surface area contributed by atoms with Crippen molar-refractivity contribution in [2.75, 3.05) is 0 Å². The van der Waals surface area contributed by atoms with Crippen molar-refractivity contribution in [3.8, 4) is 5.75 Å². The first-order valence-corrected chi connectivity index (χ1v) is 5.37. The third-order valence-electron chi connectivity index (χ3n) is 1.45. The van der Waals surface area contributed by atoms with Gasteiger partial charge in [-0.2, -0.15) is 4.99 Å². The van der Waals surface area contributed by atoms with Gasteiger partial charge in [-0.05, 0) is 44.3 Å². The predicted octanol–water partition coefficient (Wildman–Crippen LogP) is 3.97. The molecule has 0 spiro atoms. The maximum atomic E-state index is 5.55. The van der Waals surface area contributed by atoms with Crippen LogP contribution in [0.4, 0.5) is 5.69 Å². The zero-order valence-electron chi connectivity index (χ0n) is 7.95. The van der Waals surface area contributed by atoms with Crippen LogP contribution in [0.1, 0.15) is 13.8 Å². The van der Waals surface area contributed by atoms with Crippen molar-refractivity contribution in [2.24, 2.45) is 4.99 Å². The van der Waals surface area contributed by atoms with Gasteiger partial charge in [-0.1, -0.05) is 15.9 Å². The molecule has 0 radical (unpaired) electrons. The first kappa shape index (κ1) is 11.4. The number of hydrogen-bond acceptors (Lipinski definition) is 3. The smallest absolute Gasteiger partial charge is 0.146 e. The van der Waals surface area contributed by atoms with E-state index in [4.69, 9.17) is 4.74 Å². The van der Waals surface area contributed by atoms with E-state index in [1.165, 1.54) is 0 Å². The average Bonchev–Trinajstić information content (AvgIpc) is 2.09. The van der Waals surface area contributed by atoms with Crippen molar-refractivity contribution in [1.29, 1.82) is 0 Å². The van der Waals surface area contributed by atoms with E-state index in [-0.39, 0.29) is 6.10 Å². The lowest BCUT2D eigenvalue weighted by molar-refractivity contribution is 0.243. The molecule has 0 fully saturated rings. The Morgan fingerprint density at radius 3 is 2.79 bits per heavy atom. The van der Waals surface area contributed by atoms with E-state index in [2.05, 4.69) is 38.3 Å². The summed E-state index contributed by atoms with van der Waals surface area (Å²) in [4.78, 5) is 3.93. The molecule has 74 valence electrons. The average molecular weight is 272 g/mol. The zero-order valence-corrected chi connectivity index (χ0v) is 10.4. The fourth-order valence-electron chi connectivity index (χ4n) is 0.981. The lowest BCUT2D eigenvalue weighted by Gasteiger charge is -2.11. The van der Waals surface area contributed by atoms with Gasteiger partial charge in [0.15, 0.2) is 0 Å². The van der Waals surface area contributed by atoms with E-state index in [1.807, 2.05) is 32.0 Å². The fraction of sp³-hybridized carbons (Fsp3) is 0.300. The largest absolute Gasteiger partial charge is 0.489 e. The number of halogens is 1. The van der Waals surface area contributed by atoms with Crippen LogP contribution in [-0.2, 0) is 0 Å². The van der Waals surface area contributed by atoms with Crippen molar-refractivity contribution in [2.45, 2.75) is 20.0 Å². The van der Waals surface area contributed by atoms with Gasteiger partial charge in [-0.25, -0.2) is 0 Å². The number of nitrogens with zero attached hydrogens (tertiary/aromatic N) is 1. The lowest BCUT2D eigenvalue weighted by atomic mass is 10.3. The molecule has 0 N–H and O–H groups in total. The van der Waals surface area contributed by atoms with Crippen LogP contribution in [-0.4, -0.2) is 11.3 Å². The summed E-state index contributed by atoms with van der Waals surface area (Å²) in [6.07, 6.45) is 0.121. The molecule has 1 rings (SSSR count). The van der Waals surface area contributed by atoms with Gasteiger partial charge in [0, 0.05) is 4.47 Å². The molecule has 0 saturated heterocycles. The summed E-state index contributed by atoms with van der Waals surface area (Å²) >= 11 is 7.92. The van der Waals surface area contributed by atoms with Crippen molar-refractivity contribution < 1.29 is 4.74 Å². The molecule has 0 saturated carbocycles. The minimum absolute atomic E-state index is 0.121. The van der Waals surface area contributed by atoms with Gasteiger partial charge in [0.2, 0.25) is 0 Å². The second-order valence-corrected chi connectivity index (χ2v) is 4.08. The van der Waals surface area contributed by atoms with Crippen LogP contribution in [0, 0.1) is 0 Å². The molecule has 0 atom stereocenters. The van der Waals surface area contributed by atoms with Crippen molar-refractivity contribution >= 4 is 39.0 Å². The van der Waals surface area contributed by atoms with Gasteiger partial charge in [-0.15, -0.1) is 0 Å². The van der Waals surface area contributed by atoms with Crippen LogP contribution in [0.3, 0.4) is 0 Å². The van der Waals surface area contributed by atoms with Crippen LogP contribution in [0.15, 0.2) is 27.7 Å². The topological polar surface area (TPSA) is 21.6 Å². The Hall–Kier alpha value is -0.700. The van der Waals surface area contributed by atoms with Crippen molar-refractivity contribution in [3.05, 3.63) is 22.7 Å². The van der Waals surface area contributed by atoms with Crippen molar-refractivity contribution in [1.82, 2.24) is 0 Å². The maximum Gasteiger partial charge on any atom is 0.146 e. The highest BCUT2D eigenvalue weighted by Crippen LogP contribution is 2.31. The predicted molar refractivity (Wildman–Crippen MR) is 64.6 cm³/mol. The Labute approximate surface area is 97.1 Å². The minimum atomic E-state index is 0.121. The van der Waals surface area contributed by atoms with Gasteiger partial charge in [0.1, 0.15) is 11.4 Å². The molecule has 0 aromatic heterocycles. The summed E-state index contributed by atoms with van der Waals surface area (Å²) < 4.78 is 6.49. The number of rotatable bonds is 3. The number of benzene rings is 1. The third-order valence-corrected chi connectivity index (χ3v) is 2.03. The summed E-state index contributed by atoms with van der Waals surface area (Å²) in [6.45, 7) is 3.93. The Morgan fingerprint density at radius 1 is 1.50 bits per heavy atom. The third kappa shape index (κ3) is 3.22. The van der Waals surface area contributed by atoms with Gasteiger partial charge in [0.05, 0.1) is 11.3 Å². The molecule has 1 aromatic carbocycles. The summed E-state index contributed by atoms with van der Waals surface area (Å²) in [5, 5.41) is 2.33. The van der Waals surface area contributed by atoms with Crippen LogP contribution in [0.25, 0.3) is 0 Å². The first-order chi connectivity index (χ1) is 6.63. The quantitative estimate of drug-likeness (QED) is 0.613. The summed E-state index contributed by atoms with van der Waals surface area (Å²) in [6, 6.07) is 5.60. The molecular weight excluding hydrogens is 262 g/mol. The highest BCUT2D eigenvalue weighted by atomic mass is 79.9. The fourth-order valence-corrected chi connectivity index (χ4v) is 1.43. The molecule has 0 aliphatic rings. The molecule has 4 heteroatoms. The Balaban J connectivity index is 3.07. The molecule has 0 aliphatic carbocycles. The molecule has 0 unspecified atom stereocenters. The van der Waals surface area contributed by atoms with Crippen LogP contribution in [0.5, 0.6) is 5.75 Å². The molecule has 0 aliphatic heterocycles. The molecule has 14 heavy (non-hydrogen) atoms. The van der Waals surface area contributed by atoms with Crippen LogP contribution in [0.2, 0.25) is 0 Å². The molecule has 1 aromatic rings. The van der Waals surface area contributed by atoms with Gasteiger partial charge in [0.25, 0.3) is 0 Å². The number of isothiocyanates is 1. The maximum absolute atomic E-state index is 5.55. The minimum Gasteiger partial charge on any atom is -0.489 e. The number of ether oxygens (including phenoxy) is 1. The molecule has 0 bridgehead atoms. The standard InChI is InChI=1S/C10H10BrNOS/c1-7(2)13-10-4-3-8(11)5-9(10)12-6-14/h3-5,7H,1-2H3. The van der Waals surface area contributed by atoms with Crippen molar-refractivity contribution in [3.63, 3.8) is 0 Å². The monoisotopic (exact) mass is 271 g/mol. The van der Waals surface area contributed by atoms with Crippen LogP contribution < -0.4 is 4.74 Å². The summed E-state index contributed by atoms with van der Waals surface area (Å²) in [5.41, 5.74) is 0.697. The van der Waals surface area contributed by atoms with Crippen LogP contribution >= 0.6 is 28.1 Å². The van der Waals surface area contributed by atoms with E-state index in [1.54, 1.807) is 0 Å². The Bertz CT molecular complexity index is 372. The van der Waals surface area contributed by atoms with E-state index < -0.39 is 0 Å². The van der Waals surface area contributed by atoms with Gasteiger partial charge < -0.3 is 4.74 Å². The second-order valence-electron chi connectivity index (χ2n) is 2.98. The molecule has 0 heterocycles. The van der Waals surface area contributed by atoms with Gasteiger partial charge >= 0.3 is 0 Å². The van der Waals surface area contributed by atoms with E-state index >= 15 is 0 Å². The highest BCUT2D eigenvalue weighted by molar-refractivity contribution is 9.10. The Morgan fingerprint density at radius 2 is 2.21 bits per heavy atom. The second kappa shape index (κ2) is 5.25. The van der Waals surface area contributed by atoms with E-state index in [0.29, 0.717) is 5.69 Å². The molecule has 0 amide bonds. The number of thiocarbonyl (C=S) groups is 1. The van der Waals surface area contributed by atoms with E-state index in [0.717, 1.165) is 10.2 Å². The van der Waals surface area contributed by atoms with Gasteiger partial charge in [-0.3, -0.25) is 0 Å².